The lowest BCUT2D eigenvalue weighted by atomic mass is 10.3. The Kier molecular flexibility index (Phi) is 4.84. The van der Waals surface area contributed by atoms with Crippen molar-refractivity contribution in [1.82, 2.24) is 4.98 Å². The highest BCUT2D eigenvalue weighted by Crippen LogP contribution is 2.32. The van der Waals surface area contributed by atoms with Crippen LogP contribution in [0.15, 0.2) is 25.6 Å². The molecule has 0 bridgehead atoms. The fraction of sp³-hybridized carbons (Fsp3) is 0.182. The molecule has 2 amide bonds. The predicted octanol–water partition coefficient (Wildman–Crippen LogP) is 2.64. The van der Waals surface area contributed by atoms with Crippen LogP contribution in [0, 0.1) is 6.92 Å². The molecule has 0 aromatic carbocycles. The average Bonchev–Trinajstić information content (AvgIpc) is 2.93. The number of nitrogens with two attached hydrogens (primary N) is 1. The molecule has 0 aliphatic carbocycles. The maximum atomic E-state index is 11.9. The fourth-order valence-electron chi connectivity index (χ4n) is 1.30. The molecule has 0 unspecified atom stereocenters. The largest absolute Gasteiger partial charge is 0.457 e. The number of anilines is 1. The SMILES string of the molecule is Cc1nc(NC(=O)c2coc(Br)c2)sc1SCC(N)=O. The van der Waals surface area contributed by atoms with E-state index in [-0.39, 0.29) is 11.7 Å². The normalized spacial score (nSPS) is 10.5. The number of thiazole rings is 1. The molecule has 0 fully saturated rings. The zero-order valence-corrected chi connectivity index (χ0v) is 13.5. The van der Waals surface area contributed by atoms with E-state index >= 15 is 0 Å². The van der Waals surface area contributed by atoms with Crippen molar-refractivity contribution in [3.63, 3.8) is 0 Å². The minimum absolute atomic E-state index is 0.186. The van der Waals surface area contributed by atoms with Crippen molar-refractivity contribution < 1.29 is 14.0 Å². The molecule has 3 N–H and O–H groups in total. The van der Waals surface area contributed by atoms with E-state index in [1.807, 2.05) is 6.92 Å². The molecule has 0 spiro atoms. The summed E-state index contributed by atoms with van der Waals surface area (Å²) >= 11 is 5.74. The number of nitrogens with one attached hydrogen (secondary N) is 1. The molecule has 0 radical (unpaired) electrons. The summed E-state index contributed by atoms with van der Waals surface area (Å²) in [6.45, 7) is 1.81. The zero-order chi connectivity index (χ0) is 14.7. The fourth-order valence-corrected chi connectivity index (χ4v) is 3.52. The first-order valence-corrected chi connectivity index (χ1v) is 7.99. The molecule has 2 rings (SSSR count). The number of aryl methyl sites for hydroxylation is 1. The summed E-state index contributed by atoms with van der Waals surface area (Å²) in [4.78, 5) is 26.9. The van der Waals surface area contributed by atoms with Crippen molar-refractivity contribution >= 4 is 56.0 Å². The van der Waals surface area contributed by atoms with Gasteiger partial charge in [-0.05, 0) is 22.9 Å². The van der Waals surface area contributed by atoms with Crippen LogP contribution in [-0.2, 0) is 4.79 Å². The van der Waals surface area contributed by atoms with Gasteiger partial charge in [0.25, 0.3) is 5.91 Å². The molecule has 6 nitrogen and oxygen atoms in total. The monoisotopic (exact) mass is 375 g/mol. The molecule has 0 aliphatic heterocycles. The van der Waals surface area contributed by atoms with E-state index in [1.54, 1.807) is 6.07 Å². The minimum atomic E-state index is -0.392. The van der Waals surface area contributed by atoms with Crippen molar-refractivity contribution in [3.05, 3.63) is 28.3 Å². The van der Waals surface area contributed by atoms with Gasteiger partial charge in [-0.2, -0.15) is 0 Å². The van der Waals surface area contributed by atoms with Crippen LogP contribution >= 0.6 is 39.0 Å². The van der Waals surface area contributed by atoms with Crippen LogP contribution in [0.2, 0.25) is 0 Å². The van der Waals surface area contributed by atoms with Gasteiger partial charge < -0.3 is 10.2 Å². The third-order valence-corrected chi connectivity index (χ3v) is 5.02. The molecule has 2 aromatic rings. The quantitative estimate of drug-likeness (QED) is 0.782. The molecule has 0 aliphatic rings. The second-order valence-electron chi connectivity index (χ2n) is 3.74. The minimum Gasteiger partial charge on any atom is -0.457 e. The van der Waals surface area contributed by atoms with Crippen LogP contribution in [-0.4, -0.2) is 22.6 Å². The molecule has 2 aromatic heterocycles. The molecule has 20 heavy (non-hydrogen) atoms. The number of hydrogen-bond donors (Lipinski definition) is 2. The van der Waals surface area contributed by atoms with Crippen molar-refractivity contribution in [2.24, 2.45) is 5.73 Å². The van der Waals surface area contributed by atoms with Gasteiger partial charge in [0.05, 0.1) is 21.2 Å². The number of carbonyl (C=O) groups is 2. The van der Waals surface area contributed by atoms with Crippen molar-refractivity contribution in [2.75, 3.05) is 11.1 Å². The van der Waals surface area contributed by atoms with Crippen molar-refractivity contribution in [3.8, 4) is 0 Å². The van der Waals surface area contributed by atoms with Crippen LogP contribution in [0.5, 0.6) is 0 Å². The molecule has 0 atom stereocenters. The molecule has 9 heteroatoms. The summed E-state index contributed by atoms with van der Waals surface area (Å²) in [5.74, 6) is -0.512. The Morgan fingerprint density at radius 3 is 2.95 bits per heavy atom. The highest BCUT2D eigenvalue weighted by atomic mass is 79.9. The van der Waals surface area contributed by atoms with Gasteiger partial charge in [0.2, 0.25) is 5.91 Å². The molecular formula is C11H10BrN3O3S2. The number of primary amides is 1. The standard InChI is InChI=1S/C11H10BrN3O3S2/c1-5-10(19-4-8(13)16)20-11(14-5)15-9(17)6-2-7(12)18-3-6/h2-3H,4H2,1H3,(H2,13,16)(H,14,15,17). The molecular weight excluding hydrogens is 366 g/mol. The van der Waals surface area contributed by atoms with Crippen LogP contribution in [0.3, 0.4) is 0 Å². The first kappa shape index (κ1) is 15.1. The average molecular weight is 376 g/mol. The number of hydrogen-bond acceptors (Lipinski definition) is 6. The lowest BCUT2D eigenvalue weighted by Gasteiger charge is -1.96. The van der Waals surface area contributed by atoms with Crippen LogP contribution in [0.4, 0.5) is 5.13 Å². The molecule has 0 saturated carbocycles. The number of amides is 2. The summed E-state index contributed by atoms with van der Waals surface area (Å²) in [6.07, 6.45) is 1.35. The van der Waals surface area contributed by atoms with E-state index in [0.29, 0.717) is 15.4 Å². The van der Waals surface area contributed by atoms with Gasteiger partial charge in [0.1, 0.15) is 6.26 Å². The topological polar surface area (TPSA) is 98.2 Å². The highest BCUT2D eigenvalue weighted by molar-refractivity contribution is 9.10. The lowest BCUT2D eigenvalue weighted by molar-refractivity contribution is -0.115. The zero-order valence-electron chi connectivity index (χ0n) is 10.3. The lowest BCUT2D eigenvalue weighted by Crippen LogP contribution is -2.12. The summed E-state index contributed by atoms with van der Waals surface area (Å²) in [5.41, 5.74) is 6.25. The van der Waals surface area contributed by atoms with Crippen molar-refractivity contribution in [2.45, 2.75) is 11.1 Å². The first-order chi connectivity index (χ1) is 9.45. The van der Waals surface area contributed by atoms with E-state index in [4.69, 9.17) is 10.2 Å². The number of furan rings is 1. The van der Waals surface area contributed by atoms with Gasteiger partial charge in [-0.25, -0.2) is 4.98 Å². The highest BCUT2D eigenvalue weighted by Gasteiger charge is 2.14. The third kappa shape index (κ3) is 3.84. The van der Waals surface area contributed by atoms with Gasteiger partial charge in [-0.15, -0.1) is 11.8 Å². The maximum Gasteiger partial charge on any atom is 0.260 e. The number of carbonyl (C=O) groups excluding carboxylic acids is 2. The van der Waals surface area contributed by atoms with E-state index < -0.39 is 5.91 Å². The summed E-state index contributed by atoms with van der Waals surface area (Å²) in [7, 11) is 0. The van der Waals surface area contributed by atoms with Crippen LogP contribution in [0.25, 0.3) is 0 Å². The second kappa shape index (κ2) is 6.42. The Labute approximate surface area is 131 Å². The summed E-state index contributed by atoms with van der Waals surface area (Å²) in [6, 6.07) is 1.57. The van der Waals surface area contributed by atoms with Gasteiger partial charge in [0, 0.05) is 6.07 Å². The second-order valence-corrected chi connectivity index (χ2v) is 6.77. The third-order valence-electron chi connectivity index (χ3n) is 2.15. The number of halogens is 1. The van der Waals surface area contributed by atoms with Crippen LogP contribution < -0.4 is 11.1 Å². The van der Waals surface area contributed by atoms with E-state index in [1.165, 1.54) is 29.4 Å². The summed E-state index contributed by atoms with van der Waals surface area (Å²) in [5, 5.41) is 3.15. The van der Waals surface area contributed by atoms with Gasteiger partial charge in [0.15, 0.2) is 9.80 Å². The maximum absolute atomic E-state index is 11.9. The Balaban J connectivity index is 2.05. The number of nitrogens with zero attached hydrogens (tertiary/aromatic N) is 1. The summed E-state index contributed by atoms with van der Waals surface area (Å²) < 4.78 is 6.34. The molecule has 2 heterocycles. The number of aromatic nitrogens is 1. The predicted molar refractivity (Wildman–Crippen MR) is 81.1 cm³/mol. The Morgan fingerprint density at radius 2 is 2.35 bits per heavy atom. The number of rotatable bonds is 5. The van der Waals surface area contributed by atoms with Crippen LogP contribution in [0.1, 0.15) is 16.1 Å². The first-order valence-electron chi connectivity index (χ1n) is 5.39. The Bertz CT molecular complexity index is 653. The van der Waals surface area contributed by atoms with Gasteiger partial charge in [-0.3, -0.25) is 14.9 Å². The van der Waals surface area contributed by atoms with E-state index in [0.717, 1.165) is 9.90 Å². The molecule has 106 valence electrons. The Hall–Kier alpha value is -1.32. The van der Waals surface area contributed by atoms with Gasteiger partial charge in [-0.1, -0.05) is 11.3 Å². The smallest absolute Gasteiger partial charge is 0.260 e. The van der Waals surface area contributed by atoms with E-state index in [9.17, 15) is 9.59 Å². The van der Waals surface area contributed by atoms with E-state index in [2.05, 4.69) is 26.2 Å². The van der Waals surface area contributed by atoms with Gasteiger partial charge >= 0.3 is 0 Å². The Morgan fingerprint density at radius 1 is 1.60 bits per heavy atom. The van der Waals surface area contributed by atoms with Crippen molar-refractivity contribution in [1.29, 1.82) is 0 Å². The molecule has 0 saturated heterocycles. The number of thioether (sulfide) groups is 1.